The lowest BCUT2D eigenvalue weighted by Gasteiger charge is -2.15. The first-order chi connectivity index (χ1) is 18.9. The molecule has 0 unspecified atom stereocenters. The first-order valence-corrected chi connectivity index (χ1v) is 12.5. The zero-order valence-corrected chi connectivity index (χ0v) is 21.7. The minimum atomic E-state index is -4.97. The monoisotopic (exact) mass is 599 g/mol. The summed E-state index contributed by atoms with van der Waals surface area (Å²) in [5.41, 5.74) is -0.404. The highest BCUT2D eigenvalue weighted by atomic mass is 35.5. The number of nitrogens with zero attached hydrogens (tertiary/aromatic N) is 6. The van der Waals surface area contributed by atoms with E-state index in [1.165, 1.54) is 53.5 Å². The summed E-state index contributed by atoms with van der Waals surface area (Å²) < 4.78 is 55.3. The van der Waals surface area contributed by atoms with Gasteiger partial charge in [0.25, 0.3) is 5.91 Å². The maximum Gasteiger partial charge on any atom is 0.416 e. The van der Waals surface area contributed by atoms with Crippen LogP contribution in [0.5, 0.6) is 0 Å². The van der Waals surface area contributed by atoms with Crippen molar-refractivity contribution in [3.63, 3.8) is 0 Å². The Labute approximate surface area is 232 Å². The van der Waals surface area contributed by atoms with Gasteiger partial charge in [-0.05, 0) is 36.4 Å². The van der Waals surface area contributed by atoms with E-state index in [-0.39, 0.29) is 46.5 Å². The van der Waals surface area contributed by atoms with Gasteiger partial charge >= 0.3 is 11.9 Å². The molecule has 210 valence electrons. The normalized spacial score (nSPS) is 17.6. The van der Waals surface area contributed by atoms with Crippen molar-refractivity contribution in [1.82, 2.24) is 34.4 Å². The molecule has 1 fully saturated rings. The summed E-state index contributed by atoms with van der Waals surface area (Å²) in [4.78, 5) is 29.9. The molecular formula is C24H19Cl2F4N7O3. The molecule has 2 N–H and O–H groups in total. The number of alkyl halides is 4. The molecule has 1 saturated carbocycles. The average Bonchev–Trinajstić information content (AvgIpc) is 3.26. The number of benzene rings is 2. The number of hydrogen-bond acceptors (Lipinski definition) is 6. The van der Waals surface area contributed by atoms with E-state index in [9.17, 15) is 32.3 Å². The van der Waals surface area contributed by atoms with Crippen LogP contribution in [0, 0.1) is 0 Å². The SMILES string of the molecule is O=C(N[C@@H]1C[C@@H]1F)c1cccc(Cl)c1-n1cnc(Cn2nc(-c3ccc(Cl)cc3)n(C[C@H](O)C(F)(F)F)c2=O)n1. The van der Waals surface area contributed by atoms with Gasteiger partial charge in [-0.15, -0.1) is 10.2 Å². The fraction of sp³-hybridized carbons (Fsp3) is 0.292. The van der Waals surface area contributed by atoms with Gasteiger partial charge in [0.2, 0.25) is 0 Å². The largest absolute Gasteiger partial charge is 0.416 e. The van der Waals surface area contributed by atoms with Crippen LogP contribution in [0.3, 0.4) is 0 Å². The molecule has 2 aromatic heterocycles. The number of aromatic nitrogens is 6. The first kappa shape index (κ1) is 27.8. The molecule has 0 saturated heterocycles. The molecule has 5 rings (SSSR count). The third-order valence-electron chi connectivity index (χ3n) is 6.08. The molecule has 40 heavy (non-hydrogen) atoms. The number of carbonyl (C=O) groups is 1. The maximum atomic E-state index is 13.3. The van der Waals surface area contributed by atoms with E-state index >= 15 is 0 Å². The van der Waals surface area contributed by atoms with Crippen LogP contribution in [0.4, 0.5) is 17.6 Å². The second-order valence-electron chi connectivity index (χ2n) is 9.01. The lowest BCUT2D eigenvalue weighted by molar-refractivity contribution is -0.207. The molecule has 1 aliphatic carbocycles. The fourth-order valence-corrected chi connectivity index (χ4v) is 4.29. The van der Waals surface area contributed by atoms with Gasteiger partial charge in [0.05, 0.1) is 28.9 Å². The van der Waals surface area contributed by atoms with E-state index < -0.39 is 42.6 Å². The van der Waals surface area contributed by atoms with Crippen molar-refractivity contribution < 1.29 is 27.5 Å². The van der Waals surface area contributed by atoms with E-state index in [0.29, 0.717) is 9.59 Å². The van der Waals surface area contributed by atoms with Gasteiger partial charge in [-0.25, -0.2) is 23.5 Å². The highest BCUT2D eigenvalue weighted by Crippen LogP contribution is 2.28. The molecule has 1 amide bonds. The van der Waals surface area contributed by atoms with Crippen LogP contribution in [-0.4, -0.2) is 64.6 Å². The second-order valence-corrected chi connectivity index (χ2v) is 9.86. The number of carbonyl (C=O) groups excluding carboxylic acids is 1. The second kappa shape index (κ2) is 10.7. The highest BCUT2D eigenvalue weighted by Gasteiger charge is 2.40. The molecule has 2 heterocycles. The van der Waals surface area contributed by atoms with Crippen molar-refractivity contribution in [3.8, 4) is 17.1 Å². The molecule has 2 aromatic carbocycles. The lowest BCUT2D eigenvalue weighted by atomic mass is 10.1. The van der Waals surface area contributed by atoms with E-state index in [1.54, 1.807) is 0 Å². The highest BCUT2D eigenvalue weighted by molar-refractivity contribution is 6.33. The van der Waals surface area contributed by atoms with Crippen molar-refractivity contribution in [1.29, 1.82) is 0 Å². The number of aliphatic hydroxyl groups excluding tert-OH is 1. The van der Waals surface area contributed by atoms with Gasteiger partial charge < -0.3 is 10.4 Å². The summed E-state index contributed by atoms with van der Waals surface area (Å²) in [6.07, 6.45) is -7.45. The van der Waals surface area contributed by atoms with Crippen LogP contribution in [0.1, 0.15) is 22.6 Å². The van der Waals surface area contributed by atoms with Crippen LogP contribution in [0.15, 0.2) is 53.6 Å². The maximum absolute atomic E-state index is 13.3. The summed E-state index contributed by atoms with van der Waals surface area (Å²) in [5, 5.41) is 21.1. The van der Waals surface area contributed by atoms with Crippen LogP contribution >= 0.6 is 23.2 Å². The molecule has 4 aromatic rings. The Hall–Kier alpha value is -3.75. The van der Waals surface area contributed by atoms with Gasteiger partial charge in [0.15, 0.2) is 17.8 Å². The Morgan fingerprint density at radius 1 is 1.15 bits per heavy atom. The Bertz CT molecular complexity index is 1620. The van der Waals surface area contributed by atoms with E-state index in [4.69, 9.17) is 23.2 Å². The van der Waals surface area contributed by atoms with Crippen LogP contribution in [0.2, 0.25) is 10.0 Å². The van der Waals surface area contributed by atoms with Crippen LogP contribution in [-0.2, 0) is 13.1 Å². The number of nitrogens with one attached hydrogen (secondary N) is 1. The van der Waals surface area contributed by atoms with E-state index in [0.717, 1.165) is 4.68 Å². The number of hydrogen-bond donors (Lipinski definition) is 2. The van der Waals surface area contributed by atoms with Crippen molar-refractivity contribution in [2.75, 3.05) is 0 Å². The molecule has 0 radical (unpaired) electrons. The van der Waals surface area contributed by atoms with Crippen LogP contribution in [0.25, 0.3) is 17.1 Å². The Morgan fingerprint density at radius 2 is 1.85 bits per heavy atom. The number of halogens is 6. The summed E-state index contributed by atoms with van der Waals surface area (Å²) >= 11 is 12.2. The predicted octanol–water partition coefficient (Wildman–Crippen LogP) is 3.41. The summed E-state index contributed by atoms with van der Waals surface area (Å²) in [6, 6.07) is 9.83. The minimum Gasteiger partial charge on any atom is -0.382 e. The lowest BCUT2D eigenvalue weighted by Crippen LogP contribution is -2.37. The molecule has 3 atom stereocenters. The molecule has 10 nitrogen and oxygen atoms in total. The fourth-order valence-electron chi connectivity index (χ4n) is 3.90. The number of rotatable bonds is 8. The van der Waals surface area contributed by atoms with Crippen molar-refractivity contribution >= 4 is 29.1 Å². The summed E-state index contributed by atoms with van der Waals surface area (Å²) in [6.45, 7) is -1.46. The standard InChI is InChI=1S/C24H19Cl2F4N7O3/c25-13-6-4-12(5-7-13)21-34-36(23(40)35(21)9-18(38)24(28,29)30)10-19-31-11-37(33-19)20-14(2-1-3-15(20)26)22(39)32-17-8-16(17)27/h1-7,11,16-18,38H,8-10H2,(H,32,39)/t16-,17+,18-/m0/s1. The molecule has 1 aliphatic rings. The average molecular weight is 600 g/mol. The molecule has 0 aliphatic heterocycles. The summed E-state index contributed by atoms with van der Waals surface area (Å²) in [5.74, 6) is -0.686. The molecule has 0 spiro atoms. The number of amides is 1. The third-order valence-corrected chi connectivity index (χ3v) is 6.64. The van der Waals surface area contributed by atoms with E-state index in [2.05, 4.69) is 20.5 Å². The number of aliphatic hydroxyl groups is 1. The molecular weight excluding hydrogens is 581 g/mol. The van der Waals surface area contributed by atoms with E-state index in [1.807, 2.05) is 0 Å². The van der Waals surface area contributed by atoms with Gasteiger partial charge in [0, 0.05) is 17.0 Å². The predicted molar refractivity (Wildman–Crippen MR) is 135 cm³/mol. The van der Waals surface area contributed by atoms with Gasteiger partial charge in [-0.2, -0.15) is 13.2 Å². The Morgan fingerprint density at radius 3 is 2.50 bits per heavy atom. The third kappa shape index (κ3) is 5.74. The quantitative estimate of drug-likeness (QED) is 0.300. The van der Waals surface area contributed by atoms with Crippen molar-refractivity contribution in [2.45, 2.75) is 44.0 Å². The van der Waals surface area contributed by atoms with Crippen molar-refractivity contribution in [3.05, 3.63) is 80.7 Å². The van der Waals surface area contributed by atoms with Crippen LogP contribution < -0.4 is 11.0 Å². The number of para-hydroxylation sites is 1. The topological polar surface area (TPSA) is 120 Å². The zero-order chi connectivity index (χ0) is 28.8. The Balaban J connectivity index is 1.47. The van der Waals surface area contributed by atoms with Gasteiger partial charge in [0.1, 0.15) is 19.0 Å². The smallest absolute Gasteiger partial charge is 0.382 e. The zero-order valence-electron chi connectivity index (χ0n) is 20.2. The molecule has 0 bridgehead atoms. The van der Waals surface area contributed by atoms with Gasteiger partial charge in [-0.3, -0.25) is 9.36 Å². The summed E-state index contributed by atoms with van der Waals surface area (Å²) in [7, 11) is 0. The minimum absolute atomic E-state index is 0.0167. The van der Waals surface area contributed by atoms with Gasteiger partial charge in [-0.1, -0.05) is 29.3 Å². The van der Waals surface area contributed by atoms with Crippen molar-refractivity contribution in [2.24, 2.45) is 0 Å². The first-order valence-electron chi connectivity index (χ1n) is 11.7. The Kier molecular flexibility index (Phi) is 7.42. The molecule has 16 heteroatoms.